The number of carbonyl (C=O) groups is 1. The van der Waals surface area contributed by atoms with Gasteiger partial charge in [0.1, 0.15) is 10.0 Å². The van der Waals surface area contributed by atoms with E-state index in [-0.39, 0.29) is 17.2 Å². The van der Waals surface area contributed by atoms with Crippen LogP contribution in [0.25, 0.3) is 0 Å². The Morgan fingerprint density at radius 1 is 1.19 bits per heavy atom. The molecule has 0 radical (unpaired) electrons. The van der Waals surface area contributed by atoms with Gasteiger partial charge in [-0.25, -0.2) is 17.5 Å². The van der Waals surface area contributed by atoms with E-state index >= 15 is 0 Å². The minimum atomic E-state index is -3.70. The lowest BCUT2D eigenvalue weighted by atomic mass is 10.2. The molecule has 1 heterocycles. The minimum absolute atomic E-state index is 0.0365. The van der Waals surface area contributed by atoms with Gasteiger partial charge in [0.25, 0.3) is 0 Å². The molecule has 0 aliphatic carbocycles. The summed E-state index contributed by atoms with van der Waals surface area (Å²) in [5.41, 5.74) is 0.627. The van der Waals surface area contributed by atoms with E-state index in [1.54, 1.807) is 0 Å². The molecule has 1 aromatic carbocycles. The van der Waals surface area contributed by atoms with Gasteiger partial charge in [0.05, 0.1) is 6.42 Å². The number of sulfonamides is 1. The maximum Gasteiger partial charge on any atom is 0.308 e. The summed E-state index contributed by atoms with van der Waals surface area (Å²) in [4.78, 5) is 11.0. The van der Waals surface area contributed by atoms with Crippen molar-refractivity contribution in [3.05, 3.63) is 52.7 Å². The van der Waals surface area contributed by atoms with Gasteiger partial charge in [0.2, 0.25) is 10.0 Å². The standard InChI is InChI=1S/C13H12FNO4S2/c14-10-3-1-9(2-4-10)8-15-21(18,19)13-6-5-11(20-13)7-12(16)17/h1-6,15H,7-8H2,(H,16,17). The van der Waals surface area contributed by atoms with Crippen molar-refractivity contribution in [1.82, 2.24) is 4.72 Å². The summed E-state index contributed by atoms with van der Waals surface area (Å²) < 4.78 is 39.3. The molecule has 0 saturated carbocycles. The Kier molecular flexibility index (Phi) is 4.71. The van der Waals surface area contributed by atoms with Crippen molar-refractivity contribution in [2.75, 3.05) is 0 Å². The van der Waals surface area contributed by atoms with Crippen molar-refractivity contribution in [3.63, 3.8) is 0 Å². The zero-order chi connectivity index (χ0) is 15.5. The first-order chi connectivity index (χ1) is 9.87. The molecule has 2 aromatic rings. The molecule has 0 spiro atoms. The molecule has 1 aromatic heterocycles. The second-order valence-corrected chi connectivity index (χ2v) is 7.40. The van der Waals surface area contributed by atoms with Crippen molar-refractivity contribution in [1.29, 1.82) is 0 Å². The lowest BCUT2D eigenvalue weighted by molar-refractivity contribution is -0.136. The quantitative estimate of drug-likeness (QED) is 0.849. The largest absolute Gasteiger partial charge is 0.481 e. The molecule has 0 saturated heterocycles. The highest BCUT2D eigenvalue weighted by molar-refractivity contribution is 7.91. The lowest BCUT2D eigenvalue weighted by Crippen LogP contribution is -2.22. The SMILES string of the molecule is O=C(O)Cc1ccc(S(=O)(=O)NCc2ccc(F)cc2)s1. The van der Waals surface area contributed by atoms with E-state index in [1.165, 1.54) is 36.4 Å². The van der Waals surface area contributed by atoms with Gasteiger partial charge in [-0.3, -0.25) is 4.79 Å². The molecule has 8 heteroatoms. The zero-order valence-corrected chi connectivity index (χ0v) is 12.4. The molecule has 0 fully saturated rings. The van der Waals surface area contributed by atoms with E-state index in [0.717, 1.165) is 11.3 Å². The molecule has 112 valence electrons. The molecule has 0 aliphatic rings. The van der Waals surface area contributed by atoms with E-state index in [1.807, 2.05) is 0 Å². The predicted octanol–water partition coefficient (Wildman–Crippen LogP) is 1.99. The van der Waals surface area contributed by atoms with Gasteiger partial charge in [0.15, 0.2) is 0 Å². The van der Waals surface area contributed by atoms with E-state index in [4.69, 9.17) is 5.11 Å². The van der Waals surface area contributed by atoms with Crippen LogP contribution in [0.5, 0.6) is 0 Å². The third-order valence-electron chi connectivity index (χ3n) is 2.61. The molecule has 5 nitrogen and oxygen atoms in total. The Morgan fingerprint density at radius 2 is 1.86 bits per heavy atom. The number of thiophene rings is 1. The smallest absolute Gasteiger partial charge is 0.308 e. The molecule has 21 heavy (non-hydrogen) atoms. The normalized spacial score (nSPS) is 11.5. The minimum Gasteiger partial charge on any atom is -0.481 e. The summed E-state index contributed by atoms with van der Waals surface area (Å²) in [5.74, 6) is -1.40. The van der Waals surface area contributed by atoms with Crippen molar-refractivity contribution in [2.45, 2.75) is 17.2 Å². The average molecular weight is 329 g/mol. The number of hydrogen-bond donors (Lipinski definition) is 2. The average Bonchev–Trinajstić information content (AvgIpc) is 2.86. The van der Waals surface area contributed by atoms with Gasteiger partial charge < -0.3 is 5.11 Å². The predicted molar refractivity (Wildman–Crippen MR) is 76.1 cm³/mol. The number of halogens is 1. The van der Waals surface area contributed by atoms with Crippen molar-refractivity contribution < 1.29 is 22.7 Å². The van der Waals surface area contributed by atoms with Crippen molar-refractivity contribution in [2.24, 2.45) is 0 Å². The Balaban J connectivity index is 2.06. The molecular formula is C13H12FNO4S2. The molecule has 2 N–H and O–H groups in total. The second-order valence-electron chi connectivity index (χ2n) is 4.24. The molecule has 0 amide bonds. The van der Waals surface area contributed by atoms with Crippen LogP contribution in [0.3, 0.4) is 0 Å². The number of carboxylic acids is 1. The summed E-state index contributed by atoms with van der Waals surface area (Å²) in [6, 6.07) is 8.32. The molecular weight excluding hydrogens is 317 g/mol. The molecule has 0 aliphatic heterocycles. The van der Waals surface area contributed by atoms with Crippen LogP contribution in [0.2, 0.25) is 0 Å². The zero-order valence-electron chi connectivity index (χ0n) is 10.7. The number of benzene rings is 1. The summed E-state index contributed by atoms with van der Waals surface area (Å²) in [7, 11) is -3.70. The molecule has 2 rings (SSSR count). The first-order valence-electron chi connectivity index (χ1n) is 5.91. The van der Waals surface area contributed by atoms with Gasteiger partial charge in [-0.05, 0) is 29.8 Å². The number of hydrogen-bond acceptors (Lipinski definition) is 4. The van der Waals surface area contributed by atoms with Crippen LogP contribution >= 0.6 is 11.3 Å². The fourth-order valence-corrected chi connectivity index (χ4v) is 4.01. The van der Waals surface area contributed by atoms with E-state index in [9.17, 15) is 17.6 Å². The van der Waals surface area contributed by atoms with Crippen LogP contribution in [-0.4, -0.2) is 19.5 Å². The Labute approximate surface area is 125 Å². The third kappa shape index (κ3) is 4.35. The highest BCUT2D eigenvalue weighted by Gasteiger charge is 2.17. The van der Waals surface area contributed by atoms with Crippen LogP contribution in [0.15, 0.2) is 40.6 Å². The number of rotatable bonds is 6. The summed E-state index contributed by atoms with van der Waals surface area (Å²) in [6.45, 7) is 0.0365. The van der Waals surface area contributed by atoms with E-state index in [2.05, 4.69) is 4.72 Å². The van der Waals surface area contributed by atoms with Crippen molar-refractivity contribution in [3.8, 4) is 0 Å². The fourth-order valence-electron chi connectivity index (χ4n) is 1.60. The first-order valence-corrected chi connectivity index (χ1v) is 8.21. The molecule has 0 unspecified atom stereocenters. The van der Waals surface area contributed by atoms with Gasteiger partial charge in [-0.2, -0.15) is 0 Å². The van der Waals surface area contributed by atoms with E-state index < -0.39 is 21.8 Å². The Bertz CT molecular complexity index is 738. The third-order valence-corrected chi connectivity index (χ3v) is 5.59. The van der Waals surface area contributed by atoms with E-state index in [0.29, 0.717) is 10.4 Å². The second kappa shape index (κ2) is 6.33. The van der Waals surface area contributed by atoms with Gasteiger partial charge in [-0.1, -0.05) is 12.1 Å². The summed E-state index contributed by atoms with van der Waals surface area (Å²) >= 11 is 0.914. The number of aliphatic carboxylic acids is 1. The maximum absolute atomic E-state index is 12.7. The highest BCUT2D eigenvalue weighted by atomic mass is 32.2. The monoisotopic (exact) mass is 329 g/mol. The first kappa shape index (κ1) is 15.6. The number of carboxylic acid groups (broad SMARTS) is 1. The van der Waals surface area contributed by atoms with Crippen molar-refractivity contribution >= 4 is 27.3 Å². The van der Waals surface area contributed by atoms with Crippen LogP contribution in [0.1, 0.15) is 10.4 Å². The topological polar surface area (TPSA) is 83.5 Å². The lowest BCUT2D eigenvalue weighted by Gasteiger charge is -2.04. The Hall–Kier alpha value is -1.77. The van der Waals surface area contributed by atoms with Gasteiger partial charge in [0, 0.05) is 11.4 Å². The summed E-state index contributed by atoms with van der Waals surface area (Å²) in [6.07, 6.45) is -0.210. The Morgan fingerprint density at radius 3 is 2.48 bits per heavy atom. The van der Waals surface area contributed by atoms with Crippen LogP contribution < -0.4 is 4.72 Å². The summed E-state index contributed by atoms with van der Waals surface area (Å²) in [5, 5.41) is 8.66. The van der Waals surface area contributed by atoms with Crippen LogP contribution in [0, 0.1) is 5.82 Å². The maximum atomic E-state index is 12.7. The van der Waals surface area contributed by atoms with Gasteiger partial charge >= 0.3 is 5.97 Å². The van der Waals surface area contributed by atoms with Gasteiger partial charge in [-0.15, -0.1) is 11.3 Å². The van der Waals surface area contributed by atoms with Crippen LogP contribution in [0.4, 0.5) is 4.39 Å². The molecule has 0 atom stereocenters. The van der Waals surface area contributed by atoms with Crippen LogP contribution in [-0.2, 0) is 27.8 Å². The molecule has 0 bridgehead atoms. The fraction of sp³-hybridized carbons (Fsp3) is 0.154. The number of nitrogens with one attached hydrogen (secondary N) is 1. The highest BCUT2D eigenvalue weighted by Crippen LogP contribution is 2.22.